The van der Waals surface area contributed by atoms with Crippen LogP contribution in [-0.2, 0) is 10.8 Å². The van der Waals surface area contributed by atoms with Gasteiger partial charge in [-0.1, -0.05) is 19.1 Å². The largest absolute Gasteiger partial charge is 0.321 e. The van der Waals surface area contributed by atoms with Crippen LogP contribution < -0.4 is 0 Å². The van der Waals surface area contributed by atoms with Crippen LogP contribution in [0.1, 0.15) is 13.3 Å². The van der Waals surface area contributed by atoms with E-state index in [0.29, 0.717) is 22.9 Å². The molecule has 0 aliphatic heterocycles. The molecule has 102 valence electrons. The van der Waals surface area contributed by atoms with E-state index >= 15 is 0 Å². The predicted octanol–water partition coefficient (Wildman–Crippen LogP) is 2.54. The zero-order valence-electron chi connectivity index (χ0n) is 11.0. The van der Waals surface area contributed by atoms with Crippen LogP contribution in [-0.4, -0.2) is 29.9 Å². The zero-order chi connectivity index (χ0) is 13.9. The van der Waals surface area contributed by atoms with Crippen LogP contribution in [0, 0.1) is 0 Å². The Balaban J connectivity index is 2.01. The molecule has 0 aliphatic carbocycles. The second-order valence-corrected chi connectivity index (χ2v) is 5.96. The van der Waals surface area contributed by atoms with Gasteiger partial charge in [0, 0.05) is 28.6 Å². The smallest absolute Gasteiger partial charge is 0.197 e. The number of benzene rings is 1. The van der Waals surface area contributed by atoms with Crippen molar-refractivity contribution in [1.82, 2.24) is 19.9 Å². The summed E-state index contributed by atoms with van der Waals surface area (Å²) in [6, 6.07) is 7.62. The normalized spacial score (nSPS) is 12.7. The summed E-state index contributed by atoms with van der Waals surface area (Å²) in [6.45, 7) is 2.03. The van der Waals surface area contributed by atoms with Crippen LogP contribution in [0.3, 0.4) is 0 Å². The molecule has 1 N–H and O–H groups in total. The van der Waals surface area contributed by atoms with Crippen molar-refractivity contribution in [2.75, 3.05) is 5.75 Å². The molecular weight excluding hydrogens is 272 g/mol. The summed E-state index contributed by atoms with van der Waals surface area (Å²) >= 11 is 0. The molecule has 1 aromatic carbocycles. The lowest BCUT2D eigenvalue weighted by Crippen LogP contribution is -1.96. The van der Waals surface area contributed by atoms with Gasteiger partial charge in [0.05, 0.1) is 10.8 Å². The average Bonchev–Trinajstić information content (AvgIpc) is 2.91. The second-order valence-electron chi connectivity index (χ2n) is 4.39. The molecule has 2 heterocycles. The molecule has 0 aliphatic rings. The van der Waals surface area contributed by atoms with Crippen molar-refractivity contribution >= 4 is 22.1 Å². The first-order valence-electron chi connectivity index (χ1n) is 6.43. The van der Waals surface area contributed by atoms with Crippen LogP contribution in [0.15, 0.2) is 41.6 Å². The minimum absolute atomic E-state index is 0.586. The molecule has 0 fully saturated rings. The van der Waals surface area contributed by atoms with Gasteiger partial charge >= 0.3 is 0 Å². The van der Waals surface area contributed by atoms with Gasteiger partial charge in [-0.25, -0.2) is 15.0 Å². The second kappa shape index (κ2) is 5.50. The lowest BCUT2D eigenvalue weighted by molar-refractivity contribution is 0.682. The van der Waals surface area contributed by atoms with Crippen LogP contribution in [0.2, 0.25) is 0 Å². The number of fused-ring (bicyclic) bond motifs is 1. The van der Waals surface area contributed by atoms with Gasteiger partial charge < -0.3 is 4.98 Å². The van der Waals surface area contributed by atoms with Crippen LogP contribution in [0.25, 0.3) is 22.7 Å². The van der Waals surface area contributed by atoms with Crippen molar-refractivity contribution in [3.8, 4) is 11.4 Å². The molecular formula is C14H14N4OS. The van der Waals surface area contributed by atoms with Gasteiger partial charge in [-0.15, -0.1) is 0 Å². The molecule has 3 rings (SSSR count). The summed E-state index contributed by atoms with van der Waals surface area (Å²) in [5.74, 6) is 1.37. The van der Waals surface area contributed by atoms with E-state index in [-0.39, 0.29) is 0 Å². The van der Waals surface area contributed by atoms with E-state index in [1.165, 1.54) is 0 Å². The van der Waals surface area contributed by atoms with E-state index in [2.05, 4.69) is 19.9 Å². The molecule has 3 aromatic rings. The number of imidazole rings is 1. The van der Waals surface area contributed by atoms with Crippen molar-refractivity contribution in [1.29, 1.82) is 0 Å². The van der Waals surface area contributed by atoms with Crippen molar-refractivity contribution < 1.29 is 4.21 Å². The van der Waals surface area contributed by atoms with E-state index in [4.69, 9.17) is 0 Å². The summed E-state index contributed by atoms with van der Waals surface area (Å²) in [7, 11) is -0.958. The van der Waals surface area contributed by atoms with Crippen molar-refractivity contribution in [3.05, 3.63) is 36.7 Å². The van der Waals surface area contributed by atoms with Crippen molar-refractivity contribution in [3.63, 3.8) is 0 Å². The van der Waals surface area contributed by atoms with Crippen molar-refractivity contribution in [2.45, 2.75) is 18.2 Å². The van der Waals surface area contributed by atoms with E-state index in [1.807, 2.05) is 31.2 Å². The van der Waals surface area contributed by atoms with Crippen LogP contribution >= 0.6 is 0 Å². The van der Waals surface area contributed by atoms with E-state index in [1.54, 1.807) is 12.4 Å². The average molecular weight is 286 g/mol. The lowest BCUT2D eigenvalue weighted by Gasteiger charge is -2.02. The maximum Gasteiger partial charge on any atom is 0.197 e. The summed E-state index contributed by atoms with van der Waals surface area (Å²) in [5, 5.41) is 0. The highest BCUT2D eigenvalue weighted by Crippen LogP contribution is 2.21. The molecule has 0 bridgehead atoms. The number of H-pyrrole nitrogens is 1. The maximum atomic E-state index is 12.1. The zero-order valence-corrected chi connectivity index (χ0v) is 11.9. The standard InChI is InChI=1S/C14H14N4OS/c1-2-8-20(19)11-5-3-4-10(9-11)12-17-13-14(18-12)16-7-6-15-13/h3-7,9H,2,8H2,1H3,(H,15,16,17,18). The number of aromatic amines is 1. The molecule has 1 unspecified atom stereocenters. The Morgan fingerprint density at radius 2 is 2.10 bits per heavy atom. The minimum atomic E-state index is -0.958. The fraction of sp³-hybridized carbons (Fsp3) is 0.214. The highest BCUT2D eigenvalue weighted by Gasteiger charge is 2.09. The number of hydrogen-bond donors (Lipinski definition) is 1. The number of nitrogens with one attached hydrogen (secondary N) is 1. The van der Waals surface area contributed by atoms with Gasteiger partial charge in [0.1, 0.15) is 5.82 Å². The monoisotopic (exact) mass is 286 g/mol. The summed E-state index contributed by atoms with van der Waals surface area (Å²) in [6.07, 6.45) is 4.13. The first kappa shape index (κ1) is 12.9. The Kier molecular flexibility index (Phi) is 3.56. The van der Waals surface area contributed by atoms with E-state index < -0.39 is 10.8 Å². The first-order valence-corrected chi connectivity index (χ1v) is 7.75. The Bertz CT molecular complexity index is 735. The van der Waals surface area contributed by atoms with Gasteiger partial charge in [-0.3, -0.25) is 4.21 Å². The third-order valence-corrected chi connectivity index (χ3v) is 4.45. The van der Waals surface area contributed by atoms with Gasteiger partial charge in [0.2, 0.25) is 0 Å². The molecule has 6 heteroatoms. The number of aromatic nitrogens is 4. The van der Waals surface area contributed by atoms with Crippen LogP contribution in [0.4, 0.5) is 0 Å². The van der Waals surface area contributed by atoms with Gasteiger partial charge in [-0.2, -0.15) is 0 Å². The Morgan fingerprint density at radius 3 is 2.90 bits per heavy atom. The molecule has 0 radical (unpaired) electrons. The fourth-order valence-corrected chi connectivity index (χ4v) is 3.07. The fourth-order valence-electron chi connectivity index (χ4n) is 1.97. The molecule has 0 saturated carbocycles. The number of nitrogens with zero attached hydrogens (tertiary/aromatic N) is 3. The summed E-state index contributed by atoms with van der Waals surface area (Å²) < 4.78 is 12.1. The minimum Gasteiger partial charge on any atom is -0.321 e. The number of hydrogen-bond acceptors (Lipinski definition) is 4. The Hall–Kier alpha value is -2.08. The van der Waals surface area contributed by atoms with Gasteiger partial charge in [0.25, 0.3) is 0 Å². The number of rotatable bonds is 4. The van der Waals surface area contributed by atoms with Crippen molar-refractivity contribution in [2.24, 2.45) is 0 Å². The molecule has 0 spiro atoms. The van der Waals surface area contributed by atoms with Crippen LogP contribution in [0.5, 0.6) is 0 Å². The quantitative estimate of drug-likeness (QED) is 0.800. The predicted molar refractivity (Wildman–Crippen MR) is 78.7 cm³/mol. The van der Waals surface area contributed by atoms with E-state index in [0.717, 1.165) is 16.9 Å². The SMILES string of the molecule is CCCS(=O)c1cccc(-c2nc3nccnc3[nH]2)c1. The maximum absolute atomic E-state index is 12.1. The summed E-state index contributed by atoms with van der Waals surface area (Å²) in [5.41, 5.74) is 2.14. The molecule has 20 heavy (non-hydrogen) atoms. The molecule has 0 saturated heterocycles. The Labute approximate surface area is 119 Å². The molecule has 5 nitrogen and oxygen atoms in total. The third-order valence-electron chi connectivity index (χ3n) is 2.89. The highest BCUT2D eigenvalue weighted by molar-refractivity contribution is 7.85. The Morgan fingerprint density at radius 1 is 1.25 bits per heavy atom. The lowest BCUT2D eigenvalue weighted by atomic mass is 10.2. The summed E-state index contributed by atoms with van der Waals surface area (Å²) in [4.78, 5) is 16.7. The van der Waals surface area contributed by atoms with Gasteiger partial charge in [0.15, 0.2) is 11.3 Å². The molecule has 2 aromatic heterocycles. The highest BCUT2D eigenvalue weighted by atomic mass is 32.2. The first-order chi connectivity index (χ1) is 9.78. The molecule has 1 atom stereocenters. The van der Waals surface area contributed by atoms with Gasteiger partial charge in [-0.05, 0) is 18.6 Å². The topological polar surface area (TPSA) is 71.5 Å². The third kappa shape index (κ3) is 2.46. The molecule has 0 amide bonds. The van der Waals surface area contributed by atoms with E-state index in [9.17, 15) is 4.21 Å².